The monoisotopic (exact) mass is 715 g/mol. The van der Waals surface area contributed by atoms with E-state index in [1.54, 1.807) is 0 Å². The molecule has 0 spiro atoms. The van der Waals surface area contributed by atoms with Gasteiger partial charge in [0.25, 0.3) is 0 Å². The van der Waals surface area contributed by atoms with Crippen molar-refractivity contribution in [3.63, 3.8) is 0 Å². The summed E-state index contributed by atoms with van der Waals surface area (Å²) in [4.78, 5) is 2.48. The van der Waals surface area contributed by atoms with Crippen molar-refractivity contribution in [2.75, 3.05) is 4.90 Å². The van der Waals surface area contributed by atoms with Crippen LogP contribution >= 0.6 is 0 Å². The first-order valence-corrected chi connectivity index (χ1v) is 19.5. The van der Waals surface area contributed by atoms with Crippen molar-refractivity contribution in [2.45, 2.75) is 12.8 Å². The Morgan fingerprint density at radius 1 is 0.393 bits per heavy atom. The predicted octanol–water partition coefficient (Wildman–Crippen LogP) is 15.3. The zero-order valence-electron chi connectivity index (χ0n) is 30.8. The number of anilines is 2. The van der Waals surface area contributed by atoms with Crippen LogP contribution in [0.4, 0.5) is 11.4 Å². The van der Waals surface area contributed by atoms with Gasteiger partial charge in [-0.1, -0.05) is 152 Å². The Morgan fingerprint density at radius 3 is 1.80 bits per heavy atom. The normalized spacial score (nSPS) is 13.1. The number of furan rings is 1. The Bertz CT molecular complexity index is 3180. The van der Waals surface area contributed by atoms with Gasteiger partial charge in [-0.2, -0.15) is 0 Å². The maximum atomic E-state index is 6.41. The number of benzene rings is 9. The van der Waals surface area contributed by atoms with E-state index < -0.39 is 0 Å². The molecule has 1 aromatic heterocycles. The molecule has 9 aromatic carbocycles. The molecule has 0 radical (unpaired) electrons. The highest BCUT2D eigenvalue weighted by Crippen LogP contribution is 2.42. The first-order chi connectivity index (χ1) is 27.7. The van der Waals surface area contributed by atoms with Gasteiger partial charge in [0, 0.05) is 33.4 Å². The Morgan fingerprint density at radius 2 is 1.00 bits per heavy atom. The van der Waals surface area contributed by atoms with Crippen molar-refractivity contribution >= 4 is 71.2 Å². The standard InChI is InChI=1S/C54H37NO/c1-2-12-41-32-46(30-26-36(41)10-1)55(45-28-24-38(25-29-45)37-20-22-40(23-21-37)48-18-9-15-39-11-5-6-16-47(39)48)52-19-8-7-17-49(52)44-27-31-53-50(34-44)51-33-42-13-3-4-14-43(42)35-54(51)56-53/h1-7,9-18,20-35H,8,19H2. The van der Waals surface area contributed by atoms with E-state index in [1.165, 1.54) is 71.4 Å². The van der Waals surface area contributed by atoms with Crippen molar-refractivity contribution in [3.8, 4) is 22.3 Å². The molecule has 10 aromatic rings. The molecule has 1 aliphatic rings. The van der Waals surface area contributed by atoms with Gasteiger partial charge < -0.3 is 9.32 Å². The summed E-state index contributed by atoms with van der Waals surface area (Å²) >= 11 is 0. The molecule has 0 amide bonds. The topological polar surface area (TPSA) is 16.4 Å². The van der Waals surface area contributed by atoms with E-state index in [2.05, 4.69) is 205 Å². The van der Waals surface area contributed by atoms with Crippen LogP contribution in [-0.4, -0.2) is 0 Å². The number of hydrogen-bond donors (Lipinski definition) is 0. The van der Waals surface area contributed by atoms with E-state index in [4.69, 9.17) is 4.42 Å². The lowest BCUT2D eigenvalue weighted by Crippen LogP contribution is -2.19. The summed E-state index contributed by atoms with van der Waals surface area (Å²) in [5, 5.41) is 9.70. The van der Waals surface area contributed by atoms with Gasteiger partial charge in [0.15, 0.2) is 0 Å². The molecule has 0 fully saturated rings. The lowest BCUT2D eigenvalue weighted by molar-refractivity contribution is 0.669. The first kappa shape index (κ1) is 32.3. The molecule has 0 aliphatic heterocycles. The maximum Gasteiger partial charge on any atom is 0.136 e. The van der Waals surface area contributed by atoms with Crippen molar-refractivity contribution in [1.29, 1.82) is 0 Å². The summed E-state index contributed by atoms with van der Waals surface area (Å²) in [6.45, 7) is 0. The fourth-order valence-corrected chi connectivity index (χ4v) is 8.68. The zero-order chi connectivity index (χ0) is 37.0. The number of rotatable bonds is 6. The molecular formula is C54H37NO. The summed E-state index contributed by atoms with van der Waals surface area (Å²) in [5.41, 5.74) is 12.7. The second kappa shape index (κ2) is 13.3. The molecule has 2 nitrogen and oxygen atoms in total. The molecule has 1 heterocycles. The average Bonchev–Trinajstić information content (AvgIpc) is 3.62. The van der Waals surface area contributed by atoms with Crippen molar-refractivity contribution < 1.29 is 4.42 Å². The van der Waals surface area contributed by atoms with Crippen LogP contribution in [0.1, 0.15) is 18.4 Å². The van der Waals surface area contributed by atoms with Gasteiger partial charge in [-0.3, -0.25) is 0 Å². The van der Waals surface area contributed by atoms with Gasteiger partial charge >= 0.3 is 0 Å². The number of fused-ring (bicyclic) bond motifs is 6. The minimum Gasteiger partial charge on any atom is -0.456 e. The van der Waals surface area contributed by atoms with Crippen LogP contribution in [0.5, 0.6) is 0 Å². The zero-order valence-corrected chi connectivity index (χ0v) is 30.8. The van der Waals surface area contributed by atoms with Gasteiger partial charge in [0.05, 0.1) is 0 Å². The minimum absolute atomic E-state index is 0.910. The Kier molecular flexibility index (Phi) is 7.67. The second-order valence-corrected chi connectivity index (χ2v) is 14.8. The average molecular weight is 716 g/mol. The fraction of sp³-hybridized carbons (Fsp3) is 0.0370. The lowest BCUT2D eigenvalue weighted by Gasteiger charge is -2.32. The molecule has 0 unspecified atom stereocenters. The van der Waals surface area contributed by atoms with Gasteiger partial charge in [0.1, 0.15) is 11.2 Å². The molecular weight excluding hydrogens is 679 g/mol. The molecule has 264 valence electrons. The Hall–Kier alpha value is -7.16. The summed E-state index contributed by atoms with van der Waals surface area (Å²) in [6, 6.07) is 68.3. The molecule has 2 heteroatoms. The van der Waals surface area contributed by atoms with Gasteiger partial charge in [-0.25, -0.2) is 0 Å². The Balaban J connectivity index is 1.01. The SMILES string of the molecule is C1=CC(c2ccc3oc4cc5ccccc5cc4c3c2)=C(N(c2ccc(-c3ccc(-c4cccc5ccccc45)cc3)cc2)c2ccc3ccccc3c2)CC1. The number of hydrogen-bond acceptors (Lipinski definition) is 2. The molecule has 0 saturated carbocycles. The van der Waals surface area contributed by atoms with E-state index in [0.717, 1.165) is 46.2 Å². The molecule has 0 atom stereocenters. The smallest absolute Gasteiger partial charge is 0.136 e. The maximum absolute atomic E-state index is 6.41. The van der Waals surface area contributed by atoms with Crippen molar-refractivity contribution in [1.82, 2.24) is 0 Å². The van der Waals surface area contributed by atoms with Crippen LogP contribution in [0, 0.1) is 0 Å². The highest BCUT2D eigenvalue weighted by atomic mass is 16.3. The van der Waals surface area contributed by atoms with Crippen LogP contribution < -0.4 is 4.90 Å². The van der Waals surface area contributed by atoms with E-state index in [9.17, 15) is 0 Å². The van der Waals surface area contributed by atoms with Crippen molar-refractivity contribution in [3.05, 3.63) is 211 Å². The highest BCUT2D eigenvalue weighted by molar-refractivity contribution is 6.11. The molecule has 0 N–H and O–H groups in total. The van der Waals surface area contributed by atoms with E-state index in [-0.39, 0.29) is 0 Å². The summed E-state index contributed by atoms with van der Waals surface area (Å²) < 4.78 is 6.41. The predicted molar refractivity (Wildman–Crippen MR) is 237 cm³/mol. The molecule has 0 bridgehead atoms. The van der Waals surface area contributed by atoms with Crippen LogP contribution in [-0.2, 0) is 0 Å². The van der Waals surface area contributed by atoms with E-state index in [1.807, 2.05) is 0 Å². The molecule has 0 saturated heterocycles. The quantitative estimate of drug-likeness (QED) is 0.170. The first-order valence-electron chi connectivity index (χ1n) is 19.5. The summed E-state index contributed by atoms with van der Waals surface area (Å²) in [7, 11) is 0. The second-order valence-electron chi connectivity index (χ2n) is 14.8. The third kappa shape index (κ3) is 5.58. The highest BCUT2D eigenvalue weighted by Gasteiger charge is 2.22. The van der Waals surface area contributed by atoms with Gasteiger partial charge in [-0.05, 0) is 122 Å². The van der Waals surface area contributed by atoms with Crippen LogP contribution in [0.2, 0.25) is 0 Å². The molecule has 56 heavy (non-hydrogen) atoms. The largest absolute Gasteiger partial charge is 0.456 e. The lowest BCUT2D eigenvalue weighted by atomic mass is 9.93. The van der Waals surface area contributed by atoms with Gasteiger partial charge in [0.2, 0.25) is 0 Å². The molecule has 11 rings (SSSR count). The summed E-state index contributed by atoms with van der Waals surface area (Å²) in [6.07, 6.45) is 6.53. The van der Waals surface area contributed by atoms with Crippen LogP contribution in [0.15, 0.2) is 210 Å². The fourth-order valence-electron chi connectivity index (χ4n) is 8.68. The van der Waals surface area contributed by atoms with E-state index >= 15 is 0 Å². The van der Waals surface area contributed by atoms with Crippen molar-refractivity contribution in [2.24, 2.45) is 0 Å². The molecule has 1 aliphatic carbocycles. The third-order valence-electron chi connectivity index (χ3n) is 11.5. The number of allylic oxidation sites excluding steroid dienone is 4. The van der Waals surface area contributed by atoms with Crippen LogP contribution in [0.25, 0.3) is 82.1 Å². The van der Waals surface area contributed by atoms with Gasteiger partial charge in [-0.15, -0.1) is 0 Å². The van der Waals surface area contributed by atoms with Crippen LogP contribution in [0.3, 0.4) is 0 Å². The summed E-state index contributed by atoms with van der Waals surface area (Å²) in [5.74, 6) is 0. The Labute approximate surface area is 325 Å². The number of nitrogens with zero attached hydrogens (tertiary/aromatic N) is 1. The third-order valence-corrected chi connectivity index (χ3v) is 11.5. The van der Waals surface area contributed by atoms with E-state index in [0.29, 0.717) is 0 Å². The minimum atomic E-state index is 0.910.